The van der Waals surface area contributed by atoms with Gasteiger partial charge in [0.05, 0.1) is 0 Å². The third-order valence-corrected chi connectivity index (χ3v) is 0. The Balaban J connectivity index is 0. The van der Waals surface area contributed by atoms with Crippen molar-refractivity contribution in [1.82, 2.24) is 0 Å². The molecule has 0 aromatic heterocycles. The summed E-state index contributed by atoms with van der Waals surface area (Å²) in [5.74, 6) is 0. The van der Waals surface area contributed by atoms with E-state index in [9.17, 15) is 0 Å². The topological polar surface area (TPSA) is 37.3 Å². The molecule has 0 aliphatic rings. The van der Waals surface area contributed by atoms with Gasteiger partial charge in [0, 0.05) is 0 Å². The normalized spacial score (nSPS) is 5.00. The maximum atomic E-state index is 9.08. The van der Waals surface area contributed by atoms with Gasteiger partial charge in [0.25, 0.3) is 6.79 Å². The van der Waals surface area contributed by atoms with Crippen molar-refractivity contribution >= 4 is 6.79 Å². The average molecular weight is 81.8 g/mol. The SMILES string of the molecule is C[B-](=O)O.[Na+]. The van der Waals surface area contributed by atoms with E-state index in [0.717, 1.165) is 0 Å². The Hall–Kier alpha value is 0.665. The number of hydrogen-bond acceptors (Lipinski definition) is 1. The molecule has 0 aliphatic carbocycles. The molecule has 0 saturated heterocycles. The smallest absolute Gasteiger partial charge is 0.737 e. The molecular formula is CH4BNaO2. The molecule has 0 unspecified atom stereocenters. The summed E-state index contributed by atoms with van der Waals surface area (Å²) < 4.78 is 9.08. The fraction of sp³-hybridized carbons (Fsp3) is 1.00. The van der Waals surface area contributed by atoms with Gasteiger partial charge in [-0.15, -0.1) is 6.82 Å². The van der Waals surface area contributed by atoms with E-state index in [2.05, 4.69) is 0 Å². The quantitative estimate of drug-likeness (QED) is 0.308. The molecule has 4 heteroatoms. The van der Waals surface area contributed by atoms with Crippen LogP contribution in [0.1, 0.15) is 0 Å². The molecule has 5 heavy (non-hydrogen) atoms. The van der Waals surface area contributed by atoms with Crippen LogP contribution in [-0.4, -0.2) is 11.8 Å². The molecule has 0 bridgehead atoms. The van der Waals surface area contributed by atoms with Gasteiger partial charge < -0.3 is 9.73 Å². The van der Waals surface area contributed by atoms with Gasteiger partial charge in [0.2, 0.25) is 0 Å². The van der Waals surface area contributed by atoms with E-state index in [0.29, 0.717) is 0 Å². The van der Waals surface area contributed by atoms with Crippen LogP contribution in [-0.2, 0) is 4.70 Å². The molecule has 0 rings (SSSR count). The van der Waals surface area contributed by atoms with Crippen LogP contribution < -0.4 is 29.6 Å². The Labute approximate surface area is 53.0 Å². The average Bonchev–Trinajstić information content (AvgIpc) is 0.811. The summed E-state index contributed by atoms with van der Waals surface area (Å²) in [7, 11) is 0. The van der Waals surface area contributed by atoms with Crippen LogP contribution in [0.5, 0.6) is 0 Å². The predicted octanol–water partition coefficient (Wildman–Crippen LogP) is -3.47. The van der Waals surface area contributed by atoms with Gasteiger partial charge >= 0.3 is 29.6 Å². The van der Waals surface area contributed by atoms with Crippen molar-refractivity contribution in [3.8, 4) is 0 Å². The Morgan fingerprint density at radius 3 is 1.80 bits per heavy atom. The summed E-state index contributed by atoms with van der Waals surface area (Å²) in [5, 5.41) is 7.50. The molecule has 0 atom stereocenters. The number of rotatable bonds is 0. The zero-order chi connectivity index (χ0) is 3.58. The summed E-state index contributed by atoms with van der Waals surface area (Å²) in [6.45, 7) is -0.250. The van der Waals surface area contributed by atoms with Crippen molar-refractivity contribution in [1.29, 1.82) is 0 Å². The van der Waals surface area contributed by atoms with Crippen molar-refractivity contribution in [3.05, 3.63) is 0 Å². The summed E-state index contributed by atoms with van der Waals surface area (Å²) in [4.78, 5) is 0. The first-order valence-corrected chi connectivity index (χ1v) is 1.07. The molecule has 0 radical (unpaired) electrons. The number of hydrogen-bond donors (Lipinski definition) is 1. The Kier molecular flexibility index (Phi) is 8.56. The second-order valence-electron chi connectivity index (χ2n) is 0.599. The summed E-state index contributed by atoms with van der Waals surface area (Å²) in [6.07, 6.45) is 0. The van der Waals surface area contributed by atoms with Gasteiger partial charge in [-0.1, -0.05) is 0 Å². The standard InChI is InChI=1S/CH4BO2.Na/c1-2(3)4;/h3H,1H3;/q-1;+1. The van der Waals surface area contributed by atoms with E-state index >= 15 is 0 Å². The van der Waals surface area contributed by atoms with Gasteiger partial charge in [-0.3, -0.25) is 0 Å². The maximum absolute atomic E-state index is 9.08. The molecular weight excluding hydrogens is 77.8 g/mol. The van der Waals surface area contributed by atoms with Gasteiger partial charge in [-0.05, 0) is 0 Å². The minimum atomic E-state index is -1.42. The first-order valence-electron chi connectivity index (χ1n) is 1.07. The van der Waals surface area contributed by atoms with Gasteiger partial charge in [0.1, 0.15) is 0 Å². The largest absolute Gasteiger partial charge is 1.00 e. The van der Waals surface area contributed by atoms with E-state index in [-0.39, 0.29) is 29.6 Å². The maximum Gasteiger partial charge on any atom is 1.00 e. The molecule has 0 aromatic carbocycles. The van der Waals surface area contributed by atoms with Crippen LogP contribution in [0.3, 0.4) is 0 Å². The molecule has 0 aliphatic heterocycles. The van der Waals surface area contributed by atoms with E-state index in [1.54, 1.807) is 0 Å². The first-order chi connectivity index (χ1) is 1.73. The molecule has 0 spiro atoms. The molecule has 24 valence electrons. The van der Waals surface area contributed by atoms with Crippen LogP contribution in [0.25, 0.3) is 0 Å². The second-order valence-corrected chi connectivity index (χ2v) is 0.599. The van der Waals surface area contributed by atoms with Crippen molar-refractivity contribution in [2.24, 2.45) is 0 Å². The first kappa shape index (κ1) is 9.18. The molecule has 0 amide bonds. The van der Waals surface area contributed by atoms with Crippen molar-refractivity contribution in [3.63, 3.8) is 0 Å². The Bertz CT molecular complexity index is 32.6. The molecule has 1 N–H and O–H groups in total. The van der Waals surface area contributed by atoms with E-state index in [1.807, 2.05) is 0 Å². The second kappa shape index (κ2) is 4.66. The third kappa shape index (κ3) is 74.9. The predicted molar refractivity (Wildman–Crippen MR) is 14.5 cm³/mol. The molecule has 0 saturated carbocycles. The van der Waals surface area contributed by atoms with Crippen LogP contribution in [0.2, 0.25) is 6.82 Å². The van der Waals surface area contributed by atoms with Crippen LogP contribution >= 0.6 is 0 Å². The fourth-order valence-corrected chi connectivity index (χ4v) is 0. The monoisotopic (exact) mass is 82.0 g/mol. The van der Waals surface area contributed by atoms with Crippen molar-refractivity contribution < 1.29 is 39.3 Å². The minimum absolute atomic E-state index is 0. The van der Waals surface area contributed by atoms with E-state index in [4.69, 9.17) is 9.73 Å². The van der Waals surface area contributed by atoms with E-state index < -0.39 is 6.79 Å². The molecule has 0 heterocycles. The molecule has 0 aromatic rings. The zero-order valence-corrected chi connectivity index (χ0v) is 5.43. The van der Waals surface area contributed by atoms with Crippen LogP contribution in [0.15, 0.2) is 0 Å². The van der Waals surface area contributed by atoms with Crippen LogP contribution in [0, 0.1) is 0 Å². The summed E-state index contributed by atoms with van der Waals surface area (Å²) in [5.41, 5.74) is 0. The summed E-state index contributed by atoms with van der Waals surface area (Å²) >= 11 is 0. The molecule has 2 nitrogen and oxygen atoms in total. The fourth-order valence-electron chi connectivity index (χ4n) is 0. The van der Waals surface area contributed by atoms with Gasteiger partial charge in [-0.2, -0.15) is 0 Å². The van der Waals surface area contributed by atoms with Crippen molar-refractivity contribution in [2.75, 3.05) is 0 Å². The Morgan fingerprint density at radius 1 is 1.80 bits per heavy atom. The Morgan fingerprint density at radius 2 is 1.80 bits per heavy atom. The van der Waals surface area contributed by atoms with Gasteiger partial charge in [-0.25, -0.2) is 0 Å². The third-order valence-electron chi connectivity index (χ3n) is 0. The minimum Gasteiger partial charge on any atom is -0.737 e. The molecule has 0 fully saturated rings. The van der Waals surface area contributed by atoms with Gasteiger partial charge in [0.15, 0.2) is 0 Å². The van der Waals surface area contributed by atoms with Crippen molar-refractivity contribution in [2.45, 2.75) is 6.82 Å². The van der Waals surface area contributed by atoms with Crippen LogP contribution in [0.4, 0.5) is 0 Å². The zero-order valence-electron chi connectivity index (χ0n) is 3.43. The summed E-state index contributed by atoms with van der Waals surface area (Å²) in [6, 6.07) is 0. The van der Waals surface area contributed by atoms with E-state index in [1.165, 1.54) is 6.82 Å².